The maximum absolute atomic E-state index is 12.6. The Labute approximate surface area is 205 Å². The minimum Gasteiger partial charge on any atom is -0.490 e. The molecule has 4 rings (SSSR count). The van der Waals surface area contributed by atoms with Crippen LogP contribution in [0.3, 0.4) is 0 Å². The maximum atomic E-state index is 12.6. The van der Waals surface area contributed by atoms with Crippen molar-refractivity contribution >= 4 is 28.4 Å². The van der Waals surface area contributed by atoms with Gasteiger partial charge in [-0.25, -0.2) is 0 Å². The molecular formula is C30H26N2O3. The van der Waals surface area contributed by atoms with Crippen LogP contribution in [0.5, 0.6) is 11.5 Å². The Bertz CT molecular complexity index is 1410. The van der Waals surface area contributed by atoms with Crippen molar-refractivity contribution in [3.8, 4) is 17.6 Å². The van der Waals surface area contributed by atoms with Crippen LogP contribution in [-0.4, -0.2) is 12.5 Å². The second-order valence-electron chi connectivity index (χ2n) is 8.06. The highest BCUT2D eigenvalue weighted by Crippen LogP contribution is 2.31. The molecule has 0 aliphatic carbocycles. The van der Waals surface area contributed by atoms with Gasteiger partial charge in [-0.2, -0.15) is 5.26 Å². The first-order chi connectivity index (χ1) is 17.1. The summed E-state index contributed by atoms with van der Waals surface area (Å²) in [5.41, 5.74) is 3.47. The fourth-order valence-corrected chi connectivity index (χ4v) is 3.73. The van der Waals surface area contributed by atoms with Crippen LogP contribution in [-0.2, 0) is 11.4 Å². The van der Waals surface area contributed by atoms with Crippen molar-refractivity contribution in [2.24, 2.45) is 0 Å². The maximum Gasteiger partial charge on any atom is 0.266 e. The number of nitrogens with zero attached hydrogens (tertiary/aromatic N) is 1. The minimum atomic E-state index is -0.467. The summed E-state index contributed by atoms with van der Waals surface area (Å²) in [4.78, 5) is 12.6. The highest BCUT2D eigenvalue weighted by atomic mass is 16.5. The van der Waals surface area contributed by atoms with Gasteiger partial charge in [-0.15, -0.1) is 0 Å². The van der Waals surface area contributed by atoms with E-state index in [9.17, 15) is 10.1 Å². The van der Waals surface area contributed by atoms with Crippen molar-refractivity contribution < 1.29 is 14.3 Å². The molecule has 0 spiro atoms. The number of hydrogen-bond acceptors (Lipinski definition) is 4. The van der Waals surface area contributed by atoms with E-state index in [0.29, 0.717) is 36.0 Å². The molecule has 4 aromatic rings. The lowest BCUT2D eigenvalue weighted by atomic mass is 10.1. The molecule has 4 aromatic carbocycles. The monoisotopic (exact) mass is 462 g/mol. The Kier molecular flexibility index (Phi) is 7.44. The van der Waals surface area contributed by atoms with E-state index < -0.39 is 5.91 Å². The Morgan fingerprint density at radius 3 is 2.49 bits per heavy atom. The molecule has 1 amide bonds. The van der Waals surface area contributed by atoms with Crippen molar-refractivity contribution in [3.05, 3.63) is 107 Å². The molecule has 0 atom stereocenters. The lowest BCUT2D eigenvalue weighted by Crippen LogP contribution is -2.13. The standard InChI is InChI=1S/C30H26N2O3/c1-3-34-29-18-22(17-25(19-31)30(33)32-26-14-11-21(2)12-15-26)13-16-28(29)35-20-24-9-6-8-23-7-4-5-10-27(23)24/h4-18H,3,20H2,1-2H3,(H,32,33)/b25-17-. The van der Waals surface area contributed by atoms with Crippen LogP contribution in [0.25, 0.3) is 16.8 Å². The Morgan fingerprint density at radius 1 is 0.943 bits per heavy atom. The summed E-state index contributed by atoms with van der Waals surface area (Å²) in [7, 11) is 0. The number of anilines is 1. The molecule has 0 bridgehead atoms. The number of hydrogen-bond donors (Lipinski definition) is 1. The zero-order valence-electron chi connectivity index (χ0n) is 19.7. The number of aryl methyl sites for hydroxylation is 1. The molecule has 0 aliphatic heterocycles. The SMILES string of the molecule is CCOc1cc(/C=C(/C#N)C(=O)Nc2ccc(C)cc2)ccc1OCc1cccc2ccccc12. The third-order valence-electron chi connectivity index (χ3n) is 5.52. The number of amides is 1. The number of ether oxygens (including phenoxy) is 2. The van der Waals surface area contributed by atoms with Crippen LogP contribution in [0.1, 0.15) is 23.6 Å². The molecule has 0 heterocycles. The number of benzene rings is 4. The van der Waals surface area contributed by atoms with Gasteiger partial charge in [-0.3, -0.25) is 4.79 Å². The highest BCUT2D eigenvalue weighted by Gasteiger charge is 2.12. The van der Waals surface area contributed by atoms with E-state index in [2.05, 4.69) is 23.5 Å². The van der Waals surface area contributed by atoms with Gasteiger partial charge in [0, 0.05) is 5.69 Å². The molecule has 0 radical (unpaired) electrons. The average Bonchev–Trinajstić information content (AvgIpc) is 2.88. The third-order valence-corrected chi connectivity index (χ3v) is 5.52. The predicted octanol–water partition coefficient (Wildman–Crippen LogP) is 6.67. The number of carbonyl (C=O) groups excluding carboxylic acids is 1. The van der Waals surface area contributed by atoms with Gasteiger partial charge >= 0.3 is 0 Å². The van der Waals surface area contributed by atoms with Crippen LogP contribution in [0.2, 0.25) is 0 Å². The van der Waals surface area contributed by atoms with Gasteiger partial charge in [0.2, 0.25) is 0 Å². The number of nitriles is 1. The van der Waals surface area contributed by atoms with E-state index in [1.54, 1.807) is 36.4 Å². The van der Waals surface area contributed by atoms with Gasteiger partial charge in [0.1, 0.15) is 18.2 Å². The Hall–Kier alpha value is -4.56. The third kappa shape index (κ3) is 5.87. The molecule has 0 aliphatic rings. The first kappa shape index (κ1) is 23.6. The molecular weight excluding hydrogens is 436 g/mol. The van der Waals surface area contributed by atoms with E-state index in [-0.39, 0.29) is 5.57 Å². The number of fused-ring (bicyclic) bond motifs is 1. The molecule has 5 heteroatoms. The number of rotatable bonds is 8. The molecule has 174 valence electrons. The first-order valence-electron chi connectivity index (χ1n) is 11.4. The van der Waals surface area contributed by atoms with Crippen LogP contribution in [0, 0.1) is 18.3 Å². The quantitative estimate of drug-likeness (QED) is 0.234. The second kappa shape index (κ2) is 11.0. The van der Waals surface area contributed by atoms with Crippen LogP contribution in [0.4, 0.5) is 5.69 Å². The van der Waals surface area contributed by atoms with E-state index in [4.69, 9.17) is 9.47 Å². The topological polar surface area (TPSA) is 71.3 Å². The normalized spacial score (nSPS) is 11.1. The molecule has 0 aromatic heterocycles. The van der Waals surface area contributed by atoms with Gasteiger partial charge in [0.05, 0.1) is 6.61 Å². The predicted molar refractivity (Wildman–Crippen MR) is 139 cm³/mol. The van der Waals surface area contributed by atoms with Gasteiger partial charge in [0.25, 0.3) is 5.91 Å². The van der Waals surface area contributed by atoms with E-state index in [1.807, 2.05) is 56.3 Å². The van der Waals surface area contributed by atoms with Crippen LogP contribution < -0.4 is 14.8 Å². The summed E-state index contributed by atoms with van der Waals surface area (Å²) in [6.07, 6.45) is 1.54. The van der Waals surface area contributed by atoms with Crippen molar-refractivity contribution in [1.29, 1.82) is 5.26 Å². The number of carbonyl (C=O) groups is 1. The van der Waals surface area contributed by atoms with E-state index >= 15 is 0 Å². The zero-order valence-corrected chi connectivity index (χ0v) is 19.7. The van der Waals surface area contributed by atoms with Gasteiger partial charge in [0.15, 0.2) is 11.5 Å². The summed E-state index contributed by atoms with van der Waals surface area (Å²) in [6.45, 7) is 4.71. The average molecular weight is 463 g/mol. The molecule has 5 nitrogen and oxygen atoms in total. The fourth-order valence-electron chi connectivity index (χ4n) is 3.73. The molecule has 0 saturated carbocycles. The number of nitrogens with one attached hydrogen (secondary N) is 1. The summed E-state index contributed by atoms with van der Waals surface area (Å²) in [5, 5.41) is 14.6. The van der Waals surface area contributed by atoms with Gasteiger partial charge < -0.3 is 14.8 Å². The highest BCUT2D eigenvalue weighted by molar-refractivity contribution is 6.09. The molecule has 1 N–H and O–H groups in total. The van der Waals surface area contributed by atoms with Crippen LogP contribution in [0.15, 0.2) is 90.5 Å². The van der Waals surface area contributed by atoms with Gasteiger partial charge in [-0.05, 0) is 66.1 Å². The fraction of sp³-hybridized carbons (Fsp3) is 0.133. The van der Waals surface area contributed by atoms with Crippen molar-refractivity contribution in [1.82, 2.24) is 0 Å². The van der Waals surface area contributed by atoms with Crippen molar-refractivity contribution in [3.63, 3.8) is 0 Å². The second-order valence-corrected chi connectivity index (χ2v) is 8.06. The first-order valence-corrected chi connectivity index (χ1v) is 11.4. The van der Waals surface area contributed by atoms with Crippen molar-refractivity contribution in [2.75, 3.05) is 11.9 Å². The van der Waals surface area contributed by atoms with Gasteiger partial charge in [-0.1, -0.05) is 66.2 Å². The summed E-state index contributed by atoms with van der Waals surface area (Å²) >= 11 is 0. The smallest absolute Gasteiger partial charge is 0.266 e. The van der Waals surface area contributed by atoms with Crippen molar-refractivity contribution in [2.45, 2.75) is 20.5 Å². The molecule has 0 unspecified atom stereocenters. The largest absolute Gasteiger partial charge is 0.490 e. The Morgan fingerprint density at radius 2 is 1.71 bits per heavy atom. The summed E-state index contributed by atoms with van der Waals surface area (Å²) in [5.74, 6) is 0.683. The minimum absolute atomic E-state index is 0.00236. The lowest BCUT2D eigenvalue weighted by Gasteiger charge is -2.14. The molecule has 35 heavy (non-hydrogen) atoms. The van der Waals surface area contributed by atoms with E-state index in [0.717, 1.165) is 21.9 Å². The Balaban J connectivity index is 1.53. The lowest BCUT2D eigenvalue weighted by molar-refractivity contribution is -0.112. The molecule has 0 fully saturated rings. The van der Waals surface area contributed by atoms with E-state index in [1.165, 1.54) is 0 Å². The summed E-state index contributed by atoms with van der Waals surface area (Å²) < 4.78 is 11.9. The zero-order chi connectivity index (χ0) is 24.6. The summed E-state index contributed by atoms with van der Waals surface area (Å²) in [6, 6.07) is 29.1. The van der Waals surface area contributed by atoms with Crippen LogP contribution >= 0.6 is 0 Å². The molecule has 0 saturated heterocycles.